The molecular weight excluding hydrogens is 538 g/mol. The molecule has 2 aromatic rings. The van der Waals surface area contributed by atoms with Crippen molar-refractivity contribution in [3.05, 3.63) is 52.0 Å². The summed E-state index contributed by atoms with van der Waals surface area (Å²) >= 11 is 1.43. The molecule has 2 saturated heterocycles. The van der Waals surface area contributed by atoms with Gasteiger partial charge in [-0.1, -0.05) is 49.6 Å². The van der Waals surface area contributed by atoms with Crippen molar-refractivity contribution >= 4 is 28.9 Å². The SMILES string of the molecule is CCO[C@@H]1C[C@@H]2CN(C(=O)[C@@H](NC(=O)[C@H](C)NC)C3CCCCC3)[C@H](c3nc(C(=O)c4ccccc4)cs3)CN2C1. The van der Waals surface area contributed by atoms with Crippen molar-refractivity contribution in [1.82, 2.24) is 25.4 Å². The number of carbonyl (C=O) groups is 3. The third kappa shape index (κ3) is 6.71. The maximum absolute atomic E-state index is 14.5. The lowest BCUT2D eigenvalue weighted by Gasteiger charge is -2.45. The van der Waals surface area contributed by atoms with Crippen LogP contribution in [0.1, 0.15) is 79.5 Å². The third-order valence-corrected chi connectivity index (χ3v) is 9.90. The topological polar surface area (TPSA) is 104 Å². The molecule has 0 unspecified atom stereocenters. The molecule has 2 aliphatic heterocycles. The number of ether oxygens (including phenoxy) is 1. The number of hydrogen-bond acceptors (Lipinski definition) is 8. The van der Waals surface area contributed by atoms with Crippen LogP contribution in [0.4, 0.5) is 0 Å². The molecule has 9 nitrogen and oxygen atoms in total. The normalized spacial score (nSPS) is 25.0. The molecule has 3 fully saturated rings. The molecule has 2 amide bonds. The van der Waals surface area contributed by atoms with E-state index in [4.69, 9.17) is 9.72 Å². The minimum absolute atomic E-state index is 0.0378. The van der Waals surface area contributed by atoms with Gasteiger partial charge in [0.1, 0.15) is 16.7 Å². The summed E-state index contributed by atoms with van der Waals surface area (Å²) in [6.07, 6.45) is 6.17. The molecule has 0 spiro atoms. The van der Waals surface area contributed by atoms with Gasteiger partial charge >= 0.3 is 0 Å². The van der Waals surface area contributed by atoms with E-state index in [-0.39, 0.29) is 41.7 Å². The maximum Gasteiger partial charge on any atom is 0.246 e. The van der Waals surface area contributed by atoms with Crippen LogP contribution in [-0.2, 0) is 14.3 Å². The highest BCUT2D eigenvalue weighted by molar-refractivity contribution is 7.10. The minimum atomic E-state index is -0.581. The highest BCUT2D eigenvalue weighted by Crippen LogP contribution is 2.37. The van der Waals surface area contributed by atoms with Crippen LogP contribution >= 0.6 is 11.3 Å². The van der Waals surface area contributed by atoms with Gasteiger partial charge in [-0.2, -0.15) is 0 Å². The van der Waals surface area contributed by atoms with Crippen molar-refractivity contribution in [2.24, 2.45) is 5.92 Å². The van der Waals surface area contributed by atoms with Gasteiger partial charge < -0.3 is 20.3 Å². The van der Waals surface area contributed by atoms with Crippen LogP contribution in [0.2, 0.25) is 0 Å². The van der Waals surface area contributed by atoms with Gasteiger partial charge in [-0.3, -0.25) is 19.3 Å². The molecule has 222 valence electrons. The first-order chi connectivity index (χ1) is 19.9. The number of nitrogens with zero attached hydrogens (tertiary/aromatic N) is 3. The number of thiazole rings is 1. The number of carbonyl (C=O) groups excluding carboxylic acids is 3. The van der Waals surface area contributed by atoms with Crippen molar-refractivity contribution in [2.75, 3.05) is 33.3 Å². The molecule has 3 aliphatic rings. The molecule has 41 heavy (non-hydrogen) atoms. The Bertz CT molecular complexity index is 1200. The highest BCUT2D eigenvalue weighted by atomic mass is 32.1. The summed E-state index contributed by atoms with van der Waals surface area (Å²) < 4.78 is 5.98. The quantitative estimate of drug-likeness (QED) is 0.415. The Morgan fingerprint density at radius 1 is 1.10 bits per heavy atom. The van der Waals surface area contributed by atoms with Crippen molar-refractivity contribution in [3.63, 3.8) is 0 Å². The van der Waals surface area contributed by atoms with E-state index in [9.17, 15) is 14.4 Å². The van der Waals surface area contributed by atoms with E-state index >= 15 is 0 Å². The second-order valence-corrected chi connectivity index (χ2v) is 12.5. The molecule has 0 bridgehead atoms. The molecule has 2 N–H and O–H groups in total. The van der Waals surface area contributed by atoms with E-state index in [1.165, 1.54) is 11.3 Å². The molecule has 5 rings (SSSR count). The van der Waals surface area contributed by atoms with Crippen LogP contribution in [0, 0.1) is 5.92 Å². The van der Waals surface area contributed by atoms with Crippen LogP contribution in [0.3, 0.4) is 0 Å². The fourth-order valence-corrected chi connectivity index (χ4v) is 7.46. The standard InChI is InChI=1S/C31H43N5O4S/c1-4-40-24-15-23-16-36(31(39)27(21-11-7-5-8-12-21)34-29(38)20(2)32-3)26(18-35(23)17-24)30-33-25(19-41-30)28(37)22-13-9-6-10-14-22/h6,9-10,13-14,19-21,23-24,26-27,32H,4-5,7-8,11-12,15-18H2,1-3H3,(H,34,38)/t20-,23+,24+,26-,27-/m0/s1. The summed E-state index contributed by atoms with van der Waals surface area (Å²) in [4.78, 5) is 49.9. The lowest BCUT2D eigenvalue weighted by molar-refractivity contribution is -0.144. The number of hydrogen-bond donors (Lipinski definition) is 2. The van der Waals surface area contributed by atoms with Crippen molar-refractivity contribution < 1.29 is 19.1 Å². The zero-order valence-corrected chi connectivity index (χ0v) is 25.2. The third-order valence-electron chi connectivity index (χ3n) is 8.95. The molecular formula is C31H43N5O4S. The number of rotatable bonds is 10. The van der Waals surface area contributed by atoms with E-state index in [1.807, 2.05) is 36.9 Å². The van der Waals surface area contributed by atoms with Crippen LogP contribution in [0.15, 0.2) is 35.7 Å². The maximum atomic E-state index is 14.5. The number of nitrogens with one attached hydrogen (secondary N) is 2. The zero-order valence-electron chi connectivity index (χ0n) is 24.4. The number of ketones is 1. The van der Waals surface area contributed by atoms with Crippen molar-refractivity contribution in [3.8, 4) is 0 Å². The smallest absolute Gasteiger partial charge is 0.246 e. The summed E-state index contributed by atoms with van der Waals surface area (Å²) in [5.41, 5.74) is 0.998. The lowest BCUT2D eigenvalue weighted by Crippen LogP contribution is -2.61. The molecule has 10 heteroatoms. The average molecular weight is 582 g/mol. The zero-order chi connectivity index (χ0) is 28.9. The predicted octanol–water partition coefficient (Wildman–Crippen LogP) is 3.41. The van der Waals surface area contributed by atoms with Gasteiger partial charge in [-0.25, -0.2) is 4.98 Å². The van der Waals surface area contributed by atoms with Gasteiger partial charge in [-0.05, 0) is 46.1 Å². The Morgan fingerprint density at radius 3 is 2.56 bits per heavy atom. The molecule has 1 aromatic carbocycles. The predicted molar refractivity (Wildman–Crippen MR) is 159 cm³/mol. The van der Waals surface area contributed by atoms with Crippen LogP contribution in [-0.4, -0.2) is 89.9 Å². The summed E-state index contributed by atoms with van der Waals surface area (Å²) in [6.45, 7) is 6.49. The van der Waals surface area contributed by atoms with Gasteiger partial charge in [0.15, 0.2) is 0 Å². The van der Waals surface area contributed by atoms with Gasteiger partial charge in [0, 0.05) is 43.2 Å². The first-order valence-corrected chi connectivity index (χ1v) is 16.0. The van der Waals surface area contributed by atoms with E-state index in [2.05, 4.69) is 15.5 Å². The fraction of sp³-hybridized carbons (Fsp3) is 0.613. The van der Waals surface area contributed by atoms with Gasteiger partial charge in [-0.15, -0.1) is 11.3 Å². The van der Waals surface area contributed by atoms with Gasteiger partial charge in [0.25, 0.3) is 0 Å². The Labute approximate surface area is 247 Å². The second-order valence-electron chi connectivity index (χ2n) is 11.6. The second kappa shape index (κ2) is 13.5. The summed E-state index contributed by atoms with van der Waals surface area (Å²) in [5, 5.41) is 8.70. The number of benzene rings is 1. The van der Waals surface area contributed by atoms with Gasteiger partial charge in [0.05, 0.1) is 18.2 Å². The number of fused-ring (bicyclic) bond motifs is 1. The molecule has 3 heterocycles. The molecule has 5 atom stereocenters. The van der Waals surface area contributed by atoms with Crippen LogP contribution < -0.4 is 10.6 Å². The molecule has 1 aliphatic carbocycles. The summed E-state index contributed by atoms with van der Waals surface area (Å²) in [6, 6.07) is 8.08. The summed E-state index contributed by atoms with van der Waals surface area (Å²) in [5.74, 6) is -0.210. The Hall–Kier alpha value is -2.66. The van der Waals surface area contributed by atoms with Crippen molar-refractivity contribution in [1.29, 1.82) is 0 Å². The van der Waals surface area contributed by atoms with Crippen LogP contribution in [0.5, 0.6) is 0 Å². The van der Waals surface area contributed by atoms with Gasteiger partial charge in [0.2, 0.25) is 17.6 Å². The van der Waals surface area contributed by atoms with E-state index in [0.29, 0.717) is 31.0 Å². The van der Waals surface area contributed by atoms with E-state index < -0.39 is 12.1 Å². The number of piperazine rings is 1. The average Bonchev–Trinajstić information content (AvgIpc) is 3.66. The number of amides is 2. The summed E-state index contributed by atoms with van der Waals surface area (Å²) in [7, 11) is 1.75. The van der Waals surface area contributed by atoms with Crippen molar-refractivity contribution in [2.45, 2.75) is 82.6 Å². The number of aromatic nitrogens is 1. The highest BCUT2D eigenvalue weighted by Gasteiger charge is 2.46. The Balaban J connectivity index is 1.44. The lowest BCUT2D eigenvalue weighted by atomic mass is 9.82. The Kier molecular flexibility index (Phi) is 9.85. The first-order valence-electron chi connectivity index (χ1n) is 15.1. The number of likely N-dealkylation sites (N-methyl/N-ethyl adjacent to an activating group) is 1. The van der Waals surface area contributed by atoms with Crippen LogP contribution in [0.25, 0.3) is 0 Å². The minimum Gasteiger partial charge on any atom is -0.377 e. The Morgan fingerprint density at radius 2 is 1.85 bits per heavy atom. The van der Waals surface area contributed by atoms with E-state index in [1.54, 1.807) is 24.6 Å². The monoisotopic (exact) mass is 581 g/mol. The molecule has 1 aromatic heterocycles. The first kappa shape index (κ1) is 29.8. The molecule has 1 saturated carbocycles. The largest absolute Gasteiger partial charge is 0.377 e. The molecule has 0 radical (unpaired) electrons. The van der Waals surface area contributed by atoms with E-state index in [0.717, 1.165) is 50.1 Å². The fourth-order valence-electron chi connectivity index (χ4n) is 6.56.